The largest absolute Gasteiger partial charge is 0.465 e. The van der Waals surface area contributed by atoms with Gasteiger partial charge < -0.3 is 15.7 Å². The monoisotopic (exact) mass is 254 g/mol. The van der Waals surface area contributed by atoms with Gasteiger partial charge in [-0.15, -0.1) is 0 Å². The zero-order valence-electron chi connectivity index (χ0n) is 10.0. The van der Waals surface area contributed by atoms with E-state index < -0.39 is 35.7 Å². The molecule has 1 amide bonds. The molecule has 1 saturated heterocycles. The quantitative estimate of drug-likeness (QED) is 0.693. The molecule has 0 aromatic carbocycles. The second kappa shape index (κ2) is 3.76. The van der Waals surface area contributed by atoms with Gasteiger partial charge in [-0.25, -0.2) is 4.79 Å². The molecule has 17 heavy (non-hydrogen) atoms. The van der Waals surface area contributed by atoms with Gasteiger partial charge in [-0.3, -0.25) is 0 Å². The summed E-state index contributed by atoms with van der Waals surface area (Å²) in [5, 5.41) is 8.80. The van der Waals surface area contributed by atoms with Crippen molar-refractivity contribution in [2.45, 2.75) is 32.5 Å². The average molecular weight is 254 g/mol. The van der Waals surface area contributed by atoms with Gasteiger partial charge in [-0.1, -0.05) is 20.8 Å². The number of carboxylic acid groups (broad SMARTS) is 1. The van der Waals surface area contributed by atoms with Crippen LogP contribution in [0.5, 0.6) is 0 Å². The Morgan fingerprint density at radius 1 is 1.41 bits per heavy atom. The highest BCUT2D eigenvalue weighted by Gasteiger charge is 2.61. The van der Waals surface area contributed by atoms with Crippen LogP contribution in [-0.4, -0.2) is 40.9 Å². The summed E-state index contributed by atoms with van der Waals surface area (Å²) in [6.07, 6.45) is -5.86. The van der Waals surface area contributed by atoms with Crippen molar-refractivity contribution in [1.82, 2.24) is 4.90 Å². The average Bonchev–Trinajstić information content (AvgIpc) is 2.42. The third-order valence-corrected chi connectivity index (χ3v) is 3.54. The van der Waals surface area contributed by atoms with E-state index in [2.05, 4.69) is 0 Å². The molecule has 0 radical (unpaired) electrons. The van der Waals surface area contributed by atoms with E-state index in [1.54, 1.807) is 20.8 Å². The highest BCUT2D eigenvalue weighted by molar-refractivity contribution is 5.66. The van der Waals surface area contributed by atoms with Crippen LogP contribution in [0.1, 0.15) is 20.8 Å². The highest BCUT2D eigenvalue weighted by atomic mass is 19.4. The molecule has 2 atom stereocenters. The molecule has 4 nitrogen and oxygen atoms in total. The maximum Gasteiger partial charge on any atom is 0.407 e. The molecular formula is C10H17F3N2O2. The van der Waals surface area contributed by atoms with Crippen molar-refractivity contribution in [3.8, 4) is 0 Å². The molecule has 1 aliphatic heterocycles. The third-order valence-electron chi connectivity index (χ3n) is 3.54. The molecule has 1 fully saturated rings. The predicted octanol–water partition coefficient (Wildman–Crippen LogP) is 1.90. The number of nitrogens with zero attached hydrogens (tertiary/aromatic N) is 1. The molecule has 1 heterocycles. The predicted molar refractivity (Wildman–Crippen MR) is 55.5 cm³/mol. The minimum Gasteiger partial charge on any atom is -0.465 e. The van der Waals surface area contributed by atoms with Crippen LogP contribution in [0, 0.1) is 11.3 Å². The van der Waals surface area contributed by atoms with Gasteiger partial charge in [0.1, 0.15) is 0 Å². The number of halogens is 3. The van der Waals surface area contributed by atoms with E-state index in [-0.39, 0.29) is 6.54 Å². The fourth-order valence-corrected chi connectivity index (χ4v) is 2.17. The lowest BCUT2D eigenvalue weighted by Gasteiger charge is -2.42. The molecule has 0 bridgehead atoms. The minimum absolute atomic E-state index is 0.296. The molecule has 0 spiro atoms. The Morgan fingerprint density at radius 2 is 1.88 bits per heavy atom. The molecule has 100 valence electrons. The Bertz CT molecular complexity index is 324. The van der Waals surface area contributed by atoms with Gasteiger partial charge in [0.05, 0.1) is 11.5 Å². The van der Waals surface area contributed by atoms with Crippen molar-refractivity contribution in [1.29, 1.82) is 0 Å². The number of hydrogen-bond donors (Lipinski definition) is 2. The van der Waals surface area contributed by atoms with E-state index in [4.69, 9.17) is 10.8 Å². The van der Waals surface area contributed by atoms with Crippen LogP contribution in [0.15, 0.2) is 0 Å². The van der Waals surface area contributed by atoms with Gasteiger partial charge in [0, 0.05) is 13.1 Å². The number of nitrogens with two attached hydrogens (primary N) is 1. The van der Waals surface area contributed by atoms with Gasteiger partial charge >= 0.3 is 12.3 Å². The SMILES string of the molecule is CC(C)(C)C1(N)CN(C(=O)O)CC1C(F)(F)F. The van der Waals surface area contributed by atoms with Crippen LogP contribution >= 0.6 is 0 Å². The molecule has 0 aromatic heterocycles. The molecule has 7 heteroatoms. The van der Waals surface area contributed by atoms with Crippen LogP contribution in [0.25, 0.3) is 0 Å². The summed E-state index contributed by atoms with van der Waals surface area (Å²) < 4.78 is 38.8. The molecule has 1 aliphatic rings. The van der Waals surface area contributed by atoms with Crippen molar-refractivity contribution in [3.63, 3.8) is 0 Å². The van der Waals surface area contributed by atoms with Crippen LogP contribution in [0.4, 0.5) is 18.0 Å². The summed E-state index contributed by atoms with van der Waals surface area (Å²) in [5.74, 6) is -1.83. The van der Waals surface area contributed by atoms with Crippen molar-refractivity contribution >= 4 is 6.09 Å². The van der Waals surface area contributed by atoms with Crippen LogP contribution < -0.4 is 5.73 Å². The second-order valence-electron chi connectivity index (χ2n) is 5.55. The van der Waals surface area contributed by atoms with E-state index in [9.17, 15) is 18.0 Å². The van der Waals surface area contributed by atoms with Crippen LogP contribution in [0.2, 0.25) is 0 Å². The lowest BCUT2D eigenvalue weighted by molar-refractivity contribution is -0.192. The summed E-state index contributed by atoms with van der Waals surface area (Å²) >= 11 is 0. The van der Waals surface area contributed by atoms with Gasteiger partial charge in [0.15, 0.2) is 0 Å². The zero-order chi connectivity index (χ0) is 13.6. The summed E-state index contributed by atoms with van der Waals surface area (Å²) in [5.41, 5.74) is 3.44. The summed E-state index contributed by atoms with van der Waals surface area (Å²) in [4.78, 5) is 11.5. The maximum atomic E-state index is 12.9. The lowest BCUT2D eigenvalue weighted by Crippen LogP contribution is -2.61. The fraction of sp³-hybridized carbons (Fsp3) is 0.900. The Morgan fingerprint density at radius 3 is 2.12 bits per heavy atom. The first-order valence-corrected chi connectivity index (χ1v) is 5.23. The van der Waals surface area contributed by atoms with Gasteiger partial charge in [-0.05, 0) is 5.41 Å². The lowest BCUT2D eigenvalue weighted by atomic mass is 9.68. The van der Waals surface area contributed by atoms with Gasteiger partial charge in [-0.2, -0.15) is 13.2 Å². The summed E-state index contributed by atoms with van der Waals surface area (Å²) in [6.45, 7) is 3.90. The Hall–Kier alpha value is -0.980. The highest BCUT2D eigenvalue weighted by Crippen LogP contribution is 2.46. The van der Waals surface area contributed by atoms with Crippen molar-refractivity contribution in [2.24, 2.45) is 17.1 Å². The molecule has 1 rings (SSSR count). The normalized spacial score (nSPS) is 30.8. The summed E-state index contributed by atoms with van der Waals surface area (Å²) in [7, 11) is 0. The van der Waals surface area contributed by atoms with E-state index in [1.807, 2.05) is 0 Å². The van der Waals surface area contributed by atoms with E-state index in [0.29, 0.717) is 0 Å². The zero-order valence-corrected chi connectivity index (χ0v) is 10.0. The molecule has 0 aliphatic carbocycles. The molecule has 0 aromatic rings. The Labute approximate surface area is 97.6 Å². The van der Waals surface area contributed by atoms with Gasteiger partial charge in [0.2, 0.25) is 0 Å². The first kappa shape index (κ1) is 14.1. The molecule has 2 unspecified atom stereocenters. The van der Waals surface area contributed by atoms with Gasteiger partial charge in [0.25, 0.3) is 0 Å². The minimum atomic E-state index is -4.49. The molecular weight excluding hydrogens is 237 g/mol. The van der Waals surface area contributed by atoms with E-state index in [1.165, 1.54) is 0 Å². The first-order chi connectivity index (χ1) is 7.39. The number of rotatable bonds is 0. The second-order valence-corrected chi connectivity index (χ2v) is 5.55. The number of carbonyl (C=O) groups is 1. The van der Waals surface area contributed by atoms with Crippen LogP contribution in [0.3, 0.4) is 0 Å². The van der Waals surface area contributed by atoms with Crippen molar-refractivity contribution in [2.75, 3.05) is 13.1 Å². The number of hydrogen-bond acceptors (Lipinski definition) is 2. The van der Waals surface area contributed by atoms with Crippen molar-refractivity contribution < 1.29 is 23.1 Å². The van der Waals surface area contributed by atoms with Crippen LogP contribution in [-0.2, 0) is 0 Å². The first-order valence-electron chi connectivity index (χ1n) is 5.23. The standard InChI is InChI=1S/C10H17F3N2O2/c1-8(2,3)9(14)5-15(7(16)17)4-6(9)10(11,12)13/h6H,4-5,14H2,1-3H3,(H,16,17). The Kier molecular flexibility index (Phi) is 3.12. The molecule has 0 saturated carbocycles. The summed E-state index contributed by atoms with van der Waals surface area (Å²) in [6, 6.07) is 0. The van der Waals surface area contributed by atoms with Crippen molar-refractivity contribution in [3.05, 3.63) is 0 Å². The Balaban J connectivity index is 3.13. The molecule has 3 N–H and O–H groups in total. The number of amides is 1. The van der Waals surface area contributed by atoms with E-state index in [0.717, 1.165) is 4.90 Å². The topological polar surface area (TPSA) is 66.6 Å². The third kappa shape index (κ3) is 2.34. The maximum absolute atomic E-state index is 12.9. The smallest absolute Gasteiger partial charge is 0.407 e. The van der Waals surface area contributed by atoms with E-state index >= 15 is 0 Å². The fourth-order valence-electron chi connectivity index (χ4n) is 2.17. The number of likely N-dealkylation sites (tertiary alicyclic amines) is 1. The number of alkyl halides is 3.